The van der Waals surface area contributed by atoms with Gasteiger partial charge in [0.1, 0.15) is 0 Å². The summed E-state index contributed by atoms with van der Waals surface area (Å²) in [5.74, 6) is 0.696. The van der Waals surface area contributed by atoms with E-state index in [0.717, 1.165) is 0 Å². The molecule has 1 atom stereocenters. The zero-order valence-electron chi connectivity index (χ0n) is 12.0. The predicted molar refractivity (Wildman–Crippen MR) is 78.1 cm³/mol. The van der Waals surface area contributed by atoms with Gasteiger partial charge in [-0.2, -0.15) is 0 Å². The number of unbranched alkanes of at least 4 members (excludes halogenated alkanes) is 1. The van der Waals surface area contributed by atoms with E-state index < -0.39 is 0 Å². The Balaban J connectivity index is 2.13. The zero-order valence-corrected chi connectivity index (χ0v) is 12.0. The Bertz CT molecular complexity index is 370. The smallest absolute Gasteiger partial charge is 0.0437 e. The third-order valence-corrected chi connectivity index (χ3v) is 4.21. The number of hydrogen-bond acceptors (Lipinski definition) is 1. The summed E-state index contributed by atoms with van der Waals surface area (Å²) in [6.45, 7) is 4.57. The molecule has 0 N–H and O–H groups in total. The summed E-state index contributed by atoms with van der Waals surface area (Å²) in [5, 5.41) is 0. The van der Waals surface area contributed by atoms with Crippen LogP contribution in [0.2, 0.25) is 0 Å². The first-order valence-corrected chi connectivity index (χ1v) is 7.82. The molecule has 1 aliphatic carbocycles. The van der Waals surface area contributed by atoms with Gasteiger partial charge in [0.25, 0.3) is 0 Å². The van der Waals surface area contributed by atoms with Gasteiger partial charge in [0, 0.05) is 17.8 Å². The van der Waals surface area contributed by atoms with Crippen LogP contribution in [0.1, 0.15) is 81.5 Å². The first-order chi connectivity index (χ1) is 8.85. The largest absolute Gasteiger partial charge is 0.261 e. The van der Waals surface area contributed by atoms with Crippen molar-refractivity contribution in [2.24, 2.45) is 0 Å². The second-order valence-corrected chi connectivity index (χ2v) is 5.71. The monoisotopic (exact) mass is 245 g/mol. The van der Waals surface area contributed by atoms with Crippen molar-refractivity contribution in [3.8, 4) is 0 Å². The molecule has 1 heterocycles. The molecule has 2 rings (SSSR count). The topological polar surface area (TPSA) is 12.9 Å². The maximum atomic E-state index is 4.76. The van der Waals surface area contributed by atoms with Gasteiger partial charge in [-0.05, 0) is 55.7 Å². The van der Waals surface area contributed by atoms with Crippen LogP contribution in [0.4, 0.5) is 0 Å². The SMILES string of the molecule is CCCCC(CCC)c1cc2c(cn1)CCCC2. The Kier molecular flexibility index (Phi) is 5.22. The molecule has 1 aliphatic rings. The molecule has 100 valence electrons. The lowest BCUT2D eigenvalue weighted by molar-refractivity contribution is 0.528. The highest BCUT2D eigenvalue weighted by molar-refractivity contribution is 5.30. The summed E-state index contributed by atoms with van der Waals surface area (Å²) in [4.78, 5) is 4.76. The third kappa shape index (κ3) is 3.34. The van der Waals surface area contributed by atoms with Crippen molar-refractivity contribution < 1.29 is 0 Å². The Labute approximate surface area is 112 Å². The van der Waals surface area contributed by atoms with Gasteiger partial charge in [-0.1, -0.05) is 33.1 Å². The van der Waals surface area contributed by atoms with Crippen molar-refractivity contribution in [2.75, 3.05) is 0 Å². The van der Waals surface area contributed by atoms with Crippen LogP contribution in [0, 0.1) is 0 Å². The van der Waals surface area contributed by atoms with Gasteiger partial charge in [0.2, 0.25) is 0 Å². The lowest BCUT2D eigenvalue weighted by atomic mass is 9.88. The van der Waals surface area contributed by atoms with E-state index in [1.54, 1.807) is 5.56 Å². The highest BCUT2D eigenvalue weighted by atomic mass is 14.7. The van der Waals surface area contributed by atoms with Crippen molar-refractivity contribution in [2.45, 2.75) is 77.6 Å². The van der Waals surface area contributed by atoms with Gasteiger partial charge in [0.05, 0.1) is 0 Å². The number of aryl methyl sites for hydroxylation is 2. The van der Waals surface area contributed by atoms with E-state index in [-0.39, 0.29) is 0 Å². The average Bonchev–Trinajstić information content (AvgIpc) is 2.43. The van der Waals surface area contributed by atoms with Gasteiger partial charge in [0.15, 0.2) is 0 Å². The molecule has 18 heavy (non-hydrogen) atoms. The summed E-state index contributed by atoms with van der Waals surface area (Å²) < 4.78 is 0. The highest BCUT2D eigenvalue weighted by Gasteiger charge is 2.15. The number of fused-ring (bicyclic) bond motifs is 1. The summed E-state index contributed by atoms with van der Waals surface area (Å²) in [5.41, 5.74) is 4.46. The van der Waals surface area contributed by atoms with Gasteiger partial charge >= 0.3 is 0 Å². The van der Waals surface area contributed by atoms with Crippen LogP contribution in [-0.2, 0) is 12.8 Å². The molecule has 0 radical (unpaired) electrons. The van der Waals surface area contributed by atoms with Crippen LogP contribution in [0.3, 0.4) is 0 Å². The Morgan fingerprint density at radius 3 is 2.56 bits per heavy atom. The molecule has 0 aromatic carbocycles. The van der Waals surface area contributed by atoms with Crippen molar-refractivity contribution in [1.82, 2.24) is 4.98 Å². The maximum Gasteiger partial charge on any atom is 0.0437 e. The number of hydrogen-bond donors (Lipinski definition) is 0. The fraction of sp³-hybridized carbons (Fsp3) is 0.706. The molecule has 1 nitrogen and oxygen atoms in total. The molecule has 1 unspecified atom stereocenters. The van der Waals surface area contributed by atoms with E-state index in [2.05, 4.69) is 26.1 Å². The first kappa shape index (κ1) is 13.6. The van der Waals surface area contributed by atoms with Gasteiger partial charge in [-0.3, -0.25) is 4.98 Å². The van der Waals surface area contributed by atoms with E-state index in [1.807, 2.05) is 0 Å². The molecule has 1 aromatic rings. The lowest BCUT2D eigenvalue weighted by Crippen LogP contribution is -2.08. The molecule has 0 bridgehead atoms. The van der Waals surface area contributed by atoms with Crippen LogP contribution < -0.4 is 0 Å². The normalized spacial score (nSPS) is 16.3. The zero-order chi connectivity index (χ0) is 12.8. The van der Waals surface area contributed by atoms with Crippen LogP contribution in [0.25, 0.3) is 0 Å². The predicted octanol–water partition coefficient (Wildman–Crippen LogP) is 5.03. The van der Waals surface area contributed by atoms with E-state index in [1.165, 1.54) is 69.0 Å². The first-order valence-electron chi connectivity index (χ1n) is 7.82. The number of pyridine rings is 1. The molecule has 0 spiro atoms. The minimum atomic E-state index is 0.696. The summed E-state index contributed by atoms with van der Waals surface area (Å²) in [6.07, 6.45) is 13.9. The van der Waals surface area contributed by atoms with Crippen molar-refractivity contribution in [3.63, 3.8) is 0 Å². The maximum absolute atomic E-state index is 4.76. The molecule has 0 saturated carbocycles. The van der Waals surface area contributed by atoms with E-state index in [9.17, 15) is 0 Å². The summed E-state index contributed by atoms with van der Waals surface area (Å²) >= 11 is 0. The molecular formula is C17H27N. The molecule has 0 aliphatic heterocycles. The quantitative estimate of drug-likeness (QED) is 0.684. The van der Waals surface area contributed by atoms with Crippen LogP contribution >= 0.6 is 0 Å². The van der Waals surface area contributed by atoms with Crippen molar-refractivity contribution in [1.29, 1.82) is 0 Å². The average molecular weight is 245 g/mol. The molecule has 0 fully saturated rings. The minimum Gasteiger partial charge on any atom is -0.261 e. The molecule has 0 saturated heterocycles. The molecule has 1 heteroatoms. The Morgan fingerprint density at radius 1 is 1.06 bits per heavy atom. The van der Waals surface area contributed by atoms with Crippen LogP contribution in [0.15, 0.2) is 12.3 Å². The number of aromatic nitrogens is 1. The van der Waals surface area contributed by atoms with Gasteiger partial charge in [-0.25, -0.2) is 0 Å². The summed E-state index contributed by atoms with van der Waals surface area (Å²) in [7, 11) is 0. The second kappa shape index (κ2) is 6.92. The molecule has 1 aromatic heterocycles. The molecular weight excluding hydrogens is 218 g/mol. The van der Waals surface area contributed by atoms with E-state index in [0.29, 0.717) is 5.92 Å². The molecule has 0 amide bonds. The van der Waals surface area contributed by atoms with Gasteiger partial charge in [-0.15, -0.1) is 0 Å². The second-order valence-electron chi connectivity index (χ2n) is 5.71. The fourth-order valence-corrected chi connectivity index (χ4v) is 3.09. The number of nitrogens with zero attached hydrogens (tertiary/aromatic N) is 1. The van der Waals surface area contributed by atoms with Crippen LogP contribution in [0.5, 0.6) is 0 Å². The Hall–Kier alpha value is -0.850. The number of rotatable bonds is 6. The van der Waals surface area contributed by atoms with Crippen LogP contribution in [-0.4, -0.2) is 4.98 Å². The Morgan fingerprint density at radius 2 is 1.83 bits per heavy atom. The van der Waals surface area contributed by atoms with Crippen molar-refractivity contribution in [3.05, 3.63) is 29.1 Å². The van der Waals surface area contributed by atoms with Crippen molar-refractivity contribution >= 4 is 0 Å². The highest BCUT2D eigenvalue weighted by Crippen LogP contribution is 2.29. The minimum absolute atomic E-state index is 0.696. The standard InChI is InChI=1S/C17H27N/c1-3-5-9-14(8-4-2)17-12-15-10-6-7-11-16(15)13-18-17/h12-14H,3-11H2,1-2H3. The van der Waals surface area contributed by atoms with E-state index >= 15 is 0 Å². The lowest BCUT2D eigenvalue weighted by Gasteiger charge is -2.20. The fourth-order valence-electron chi connectivity index (χ4n) is 3.09. The van der Waals surface area contributed by atoms with E-state index in [4.69, 9.17) is 4.98 Å². The summed E-state index contributed by atoms with van der Waals surface area (Å²) in [6, 6.07) is 2.42. The van der Waals surface area contributed by atoms with Gasteiger partial charge < -0.3 is 0 Å². The third-order valence-electron chi connectivity index (χ3n) is 4.21.